The van der Waals surface area contributed by atoms with E-state index in [4.69, 9.17) is 0 Å². The van der Waals surface area contributed by atoms with Crippen molar-refractivity contribution in [3.8, 4) is 4.90 Å². The van der Waals surface area contributed by atoms with Gasteiger partial charge in [-0.2, -0.15) is 4.98 Å². The van der Waals surface area contributed by atoms with Crippen LogP contribution in [0.3, 0.4) is 0 Å². The van der Waals surface area contributed by atoms with Gasteiger partial charge >= 0.3 is 0 Å². The van der Waals surface area contributed by atoms with Gasteiger partial charge in [-0.1, -0.05) is 0 Å². The van der Waals surface area contributed by atoms with Gasteiger partial charge in [-0.25, -0.2) is 14.4 Å². The van der Waals surface area contributed by atoms with Crippen molar-refractivity contribution in [3.05, 3.63) is 76.6 Å². The lowest BCUT2D eigenvalue weighted by Gasteiger charge is -2.35. The fourth-order valence-electron chi connectivity index (χ4n) is 4.26. The monoisotopic (exact) mass is 462 g/mol. The quantitative estimate of drug-likeness (QED) is 0.407. The molecule has 33 heavy (non-hydrogen) atoms. The van der Waals surface area contributed by atoms with Crippen LogP contribution in [-0.2, 0) is 0 Å². The Labute approximate surface area is 194 Å². The van der Waals surface area contributed by atoms with Crippen molar-refractivity contribution in [1.82, 2.24) is 19.9 Å². The number of hydrogen-bond acceptors (Lipinski definition) is 5. The number of amides is 1. The second kappa shape index (κ2) is 9.23. The summed E-state index contributed by atoms with van der Waals surface area (Å²) in [5, 5.41) is 7.20. The number of benzene rings is 1. The Kier molecular flexibility index (Phi) is 6.00. The third-order valence-electron chi connectivity index (χ3n) is 5.98. The number of thiazole rings is 1. The molecule has 1 aliphatic rings. The Morgan fingerprint density at radius 2 is 2.00 bits per heavy atom. The van der Waals surface area contributed by atoms with Crippen molar-refractivity contribution in [3.63, 3.8) is 0 Å². The molecule has 4 aromatic rings. The normalized spacial score (nSPS) is 16.7. The molecule has 1 saturated heterocycles. The van der Waals surface area contributed by atoms with Crippen molar-refractivity contribution >= 4 is 33.2 Å². The average Bonchev–Trinajstić information content (AvgIpc) is 3.24. The molecule has 1 aromatic carbocycles. The molecule has 6 nitrogen and oxygen atoms in total. The first-order valence-electron chi connectivity index (χ1n) is 11.1. The number of halogens is 1. The van der Waals surface area contributed by atoms with Crippen LogP contribution in [-0.4, -0.2) is 44.9 Å². The number of aryl methyl sites for hydroxylation is 1. The highest BCUT2D eigenvalue weighted by Gasteiger charge is 2.31. The zero-order chi connectivity index (χ0) is 22.8. The van der Waals surface area contributed by atoms with E-state index in [-0.39, 0.29) is 17.8 Å². The number of rotatable bonds is 5. The second-order valence-corrected chi connectivity index (χ2v) is 10.2. The number of carbonyl (C=O) groups excluding carboxylic acids is 1. The molecular weight excluding hydrogens is 437 g/mol. The lowest BCUT2D eigenvalue weighted by molar-refractivity contribution is 0.0623. The molecule has 1 fully saturated rings. The van der Waals surface area contributed by atoms with E-state index >= 15 is 0 Å². The Morgan fingerprint density at radius 1 is 1.15 bits per heavy atom. The summed E-state index contributed by atoms with van der Waals surface area (Å²) in [6.45, 7) is 3.27. The first-order chi connectivity index (χ1) is 16.1. The minimum atomic E-state index is -0.416. The predicted octanol–water partition coefficient (Wildman–Crippen LogP) is 5.32. The molecule has 0 aliphatic carbocycles. The maximum Gasteiger partial charge on any atom is 0.277 e. The van der Waals surface area contributed by atoms with E-state index < -0.39 is 10.5 Å². The molecule has 1 unspecified atom stereocenters. The van der Waals surface area contributed by atoms with Gasteiger partial charge < -0.3 is 10.2 Å². The minimum absolute atomic E-state index is 0.0360. The van der Waals surface area contributed by atoms with E-state index in [9.17, 15) is 9.18 Å². The zero-order valence-corrected chi connectivity index (χ0v) is 19.2. The third-order valence-corrected chi connectivity index (χ3v) is 7.95. The second-order valence-electron chi connectivity index (χ2n) is 8.20. The minimum Gasteiger partial charge on any atom is -0.368 e. The third kappa shape index (κ3) is 4.57. The van der Waals surface area contributed by atoms with Gasteiger partial charge in [0.2, 0.25) is 5.01 Å². The summed E-state index contributed by atoms with van der Waals surface area (Å²) < 4.78 is 13.3. The average molecular weight is 463 g/mol. The Morgan fingerprint density at radius 3 is 2.85 bits per heavy atom. The van der Waals surface area contributed by atoms with Crippen LogP contribution in [0.4, 0.5) is 10.2 Å². The Bertz CT molecular complexity index is 1290. The van der Waals surface area contributed by atoms with Crippen molar-refractivity contribution < 1.29 is 9.18 Å². The fraction of sp³-hybridized carbons (Fsp3) is 0.280. The molecule has 8 heteroatoms. The lowest BCUT2D eigenvalue weighted by Crippen LogP contribution is -2.47. The van der Waals surface area contributed by atoms with E-state index in [0.29, 0.717) is 24.4 Å². The van der Waals surface area contributed by atoms with Gasteiger partial charge in [-0.05, 0) is 55.7 Å². The maximum atomic E-state index is 13.4. The van der Waals surface area contributed by atoms with E-state index in [1.807, 2.05) is 41.5 Å². The summed E-state index contributed by atoms with van der Waals surface area (Å²) in [5.74, 6) is 0.453. The van der Waals surface area contributed by atoms with Crippen LogP contribution in [0.5, 0.6) is 0 Å². The van der Waals surface area contributed by atoms with Gasteiger partial charge in [-0.3, -0.25) is 4.79 Å². The van der Waals surface area contributed by atoms with Gasteiger partial charge in [0.05, 0.1) is 0 Å². The molecule has 0 bridgehead atoms. The van der Waals surface area contributed by atoms with Gasteiger partial charge in [-0.15, -0.1) is 0 Å². The number of fused-ring (bicyclic) bond motifs is 1. The standard InChI is InChI=1S/C25H25FN5OS/c1-17-29-22(16-33(17)21-10-8-19(26)9-11-21)25(32)31-14-3-2-6-20(31)15-28-23-12-7-18-5-4-13-27-24(18)30-23/h4-5,7-13,16,20H,2-3,6,14-15H2,1H3,(H,27,28,30)/q+1/t20-,33?/m0/s1. The fourth-order valence-corrected chi connectivity index (χ4v) is 5.91. The van der Waals surface area contributed by atoms with Crippen LogP contribution >= 0.6 is 10.5 Å². The summed E-state index contributed by atoms with van der Waals surface area (Å²) in [6, 6.07) is 14.3. The summed E-state index contributed by atoms with van der Waals surface area (Å²) in [4.78, 5) is 29.8. The summed E-state index contributed by atoms with van der Waals surface area (Å²) in [6.07, 6.45) is 4.74. The first-order valence-corrected chi connectivity index (χ1v) is 12.4. The highest BCUT2D eigenvalue weighted by atomic mass is 32.2. The Balaban J connectivity index is 1.32. The highest BCUT2D eigenvalue weighted by molar-refractivity contribution is 7.38. The number of carbonyl (C=O) groups is 1. The van der Waals surface area contributed by atoms with Gasteiger partial charge in [0.25, 0.3) is 5.91 Å². The van der Waals surface area contributed by atoms with E-state index in [1.54, 1.807) is 18.3 Å². The lowest BCUT2D eigenvalue weighted by atomic mass is 10.0. The molecular formula is C25H25FN5OS+. The molecule has 4 heterocycles. The first kappa shape index (κ1) is 21.5. The number of anilines is 1. The number of aromatic nitrogens is 3. The molecule has 2 atom stereocenters. The van der Waals surface area contributed by atoms with Crippen molar-refractivity contribution in [1.29, 1.82) is 0 Å². The zero-order valence-electron chi connectivity index (χ0n) is 18.4. The molecule has 0 spiro atoms. The van der Waals surface area contributed by atoms with Crippen LogP contribution in [0.25, 0.3) is 15.9 Å². The largest absolute Gasteiger partial charge is 0.368 e. The molecule has 168 valence electrons. The van der Waals surface area contributed by atoms with E-state index in [0.717, 1.165) is 40.4 Å². The molecule has 1 N–H and O–H groups in total. The number of likely N-dealkylation sites (tertiary alicyclic amines) is 1. The number of hydrogen-bond donors (Lipinski definition) is 1. The number of nitrogens with zero attached hydrogens (tertiary/aromatic N) is 4. The van der Waals surface area contributed by atoms with Crippen LogP contribution in [0, 0.1) is 12.7 Å². The van der Waals surface area contributed by atoms with Crippen molar-refractivity contribution in [2.24, 2.45) is 0 Å². The molecule has 0 saturated carbocycles. The summed E-state index contributed by atoms with van der Waals surface area (Å²) >= 11 is 0. The number of pyridine rings is 2. The predicted molar refractivity (Wildman–Crippen MR) is 129 cm³/mol. The van der Waals surface area contributed by atoms with Gasteiger partial charge in [0, 0.05) is 60.2 Å². The van der Waals surface area contributed by atoms with E-state index in [2.05, 4.69) is 20.3 Å². The molecule has 0 radical (unpaired) electrons. The van der Waals surface area contributed by atoms with E-state index in [1.165, 1.54) is 12.1 Å². The molecule has 5 rings (SSSR count). The summed E-state index contributed by atoms with van der Waals surface area (Å²) in [7, 11) is -0.416. The van der Waals surface area contributed by atoms with Crippen molar-refractivity contribution in [2.75, 3.05) is 18.4 Å². The number of piperidine rings is 1. The van der Waals surface area contributed by atoms with Gasteiger partial charge in [0.15, 0.2) is 21.6 Å². The molecule has 3 aromatic heterocycles. The summed E-state index contributed by atoms with van der Waals surface area (Å²) in [5.41, 5.74) is 1.19. The Hall–Kier alpha value is -3.39. The van der Waals surface area contributed by atoms with Crippen LogP contribution < -0.4 is 5.32 Å². The van der Waals surface area contributed by atoms with Crippen LogP contribution in [0.1, 0.15) is 34.8 Å². The van der Waals surface area contributed by atoms with Crippen molar-refractivity contribution in [2.45, 2.75) is 32.2 Å². The SMILES string of the molecule is Cc1nc(C(=O)N2CCCC[C@H]2CNc2ccc3cccnc3n2)c[s+]1-c1ccc(F)cc1. The van der Waals surface area contributed by atoms with Gasteiger partial charge in [0.1, 0.15) is 11.6 Å². The van der Waals surface area contributed by atoms with Crippen LogP contribution in [0.2, 0.25) is 0 Å². The molecule has 1 aliphatic heterocycles. The number of nitrogens with one attached hydrogen (secondary N) is 1. The van der Waals surface area contributed by atoms with Crippen LogP contribution in [0.15, 0.2) is 60.1 Å². The highest BCUT2D eigenvalue weighted by Crippen LogP contribution is 2.35. The topological polar surface area (TPSA) is 71.0 Å². The molecule has 1 amide bonds. The smallest absolute Gasteiger partial charge is 0.277 e. The maximum absolute atomic E-state index is 13.4.